The molecule has 3 nitrogen and oxygen atoms in total. The average molecular weight is 283 g/mol. The van der Waals surface area contributed by atoms with Gasteiger partial charge in [-0.25, -0.2) is 4.98 Å². The van der Waals surface area contributed by atoms with Crippen LogP contribution in [0, 0.1) is 0 Å². The molecule has 0 spiro atoms. The van der Waals surface area contributed by atoms with Gasteiger partial charge in [0.2, 0.25) is 0 Å². The zero-order valence-corrected chi connectivity index (χ0v) is 13.1. The van der Waals surface area contributed by atoms with E-state index >= 15 is 0 Å². The van der Waals surface area contributed by atoms with Crippen molar-refractivity contribution >= 4 is 5.82 Å². The van der Waals surface area contributed by atoms with E-state index in [0.29, 0.717) is 0 Å². The molecule has 21 heavy (non-hydrogen) atoms. The molecule has 2 N–H and O–H groups in total. The number of imidazole rings is 1. The highest BCUT2D eigenvalue weighted by Crippen LogP contribution is 2.41. The average Bonchev–Trinajstić information content (AvgIpc) is 3.30. The van der Waals surface area contributed by atoms with Crippen molar-refractivity contribution in [1.29, 1.82) is 0 Å². The van der Waals surface area contributed by atoms with E-state index in [4.69, 9.17) is 10.7 Å². The maximum Gasteiger partial charge on any atom is 0.131 e. The van der Waals surface area contributed by atoms with Crippen LogP contribution in [0.15, 0.2) is 24.3 Å². The van der Waals surface area contributed by atoms with Gasteiger partial charge in [0.25, 0.3) is 0 Å². The highest BCUT2D eigenvalue weighted by atomic mass is 15.1. The van der Waals surface area contributed by atoms with Gasteiger partial charge in [0.15, 0.2) is 0 Å². The minimum Gasteiger partial charge on any atom is -0.383 e. The number of unbranched alkanes of at least 4 members (excludes halogenated alkanes) is 1. The van der Waals surface area contributed by atoms with Crippen LogP contribution in [0.25, 0.3) is 11.3 Å². The molecule has 1 aliphatic carbocycles. The molecule has 1 aromatic carbocycles. The van der Waals surface area contributed by atoms with E-state index in [1.54, 1.807) is 0 Å². The highest BCUT2D eigenvalue weighted by Gasteiger charge is 2.24. The van der Waals surface area contributed by atoms with Gasteiger partial charge in [0, 0.05) is 18.5 Å². The Morgan fingerprint density at radius 1 is 1.29 bits per heavy atom. The number of nitrogen functional groups attached to an aromatic ring is 1. The molecule has 0 amide bonds. The quantitative estimate of drug-likeness (QED) is 0.855. The SMILES string of the molecule is CCCCn1c(CC)nc(-c2cccc(C3CC3)c2)c1N. The van der Waals surface area contributed by atoms with Crippen molar-refractivity contribution in [2.75, 3.05) is 5.73 Å². The van der Waals surface area contributed by atoms with Crippen LogP contribution >= 0.6 is 0 Å². The fraction of sp³-hybridized carbons (Fsp3) is 0.500. The first-order chi connectivity index (χ1) is 10.2. The molecule has 0 saturated heterocycles. The zero-order chi connectivity index (χ0) is 14.8. The first kappa shape index (κ1) is 14.2. The summed E-state index contributed by atoms with van der Waals surface area (Å²) in [6, 6.07) is 8.78. The summed E-state index contributed by atoms with van der Waals surface area (Å²) in [7, 11) is 0. The first-order valence-corrected chi connectivity index (χ1v) is 8.19. The van der Waals surface area contributed by atoms with Crippen LogP contribution < -0.4 is 5.73 Å². The van der Waals surface area contributed by atoms with Crippen LogP contribution in [0.1, 0.15) is 56.8 Å². The molecular formula is C18H25N3. The van der Waals surface area contributed by atoms with Gasteiger partial charge in [-0.1, -0.05) is 38.5 Å². The van der Waals surface area contributed by atoms with Crippen molar-refractivity contribution < 1.29 is 0 Å². The smallest absolute Gasteiger partial charge is 0.131 e. The van der Waals surface area contributed by atoms with Gasteiger partial charge in [-0.05, 0) is 36.8 Å². The van der Waals surface area contributed by atoms with Crippen LogP contribution in [-0.4, -0.2) is 9.55 Å². The lowest BCUT2D eigenvalue weighted by atomic mass is 10.1. The molecule has 3 rings (SSSR count). The van der Waals surface area contributed by atoms with Crippen molar-refractivity contribution in [3.05, 3.63) is 35.7 Å². The molecule has 1 saturated carbocycles. The van der Waals surface area contributed by atoms with Crippen LogP contribution in [0.5, 0.6) is 0 Å². The van der Waals surface area contributed by atoms with Crippen LogP contribution in [0.2, 0.25) is 0 Å². The van der Waals surface area contributed by atoms with Gasteiger partial charge in [-0.15, -0.1) is 0 Å². The predicted octanol–water partition coefficient (Wildman–Crippen LogP) is 4.37. The van der Waals surface area contributed by atoms with Crippen LogP contribution in [0.4, 0.5) is 5.82 Å². The lowest BCUT2D eigenvalue weighted by molar-refractivity contribution is 0.612. The summed E-state index contributed by atoms with van der Waals surface area (Å²) in [5, 5.41) is 0. The van der Waals surface area contributed by atoms with Crippen molar-refractivity contribution in [3.8, 4) is 11.3 Å². The van der Waals surface area contributed by atoms with Gasteiger partial charge in [0.05, 0.1) is 0 Å². The second kappa shape index (κ2) is 5.92. The molecule has 0 radical (unpaired) electrons. The molecule has 0 atom stereocenters. The van der Waals surface area contributed by atoms with Crippen LogP contribution in [0.3, 0.4) is 0 Å². The lowest BCUT2D eigenvalue weighted by Gasteiger charge is -2.08. The van der Waals surface area contributed by atoms with E-state index in [1.807, 2.05) is 0 Å². The summed E-state index contributed by atoms with van der Waals surface area (Å²) in [5.74, 6) is 2.69. The molecule has 0 bridgehead atoms. The lowest BCUT2D eigenvalue weighted by Crippen LogP contribution is -2.06. The molecular weight excluding hydrogens is 258 g/mol. The number of nitrogens with zero attached hydrogens (tertiary/aromatic N) is 2. The Morgan fingerprint density at radius 2 is 2.10 bits per heavy atom. The molecule has 1 heterocycles. The topological polar surface area (TPSA) is 43.8 Å². The molecule has 0 unspecified atom stereocenters. The van der Waals surface area contributed by atoms with E-state index in [0.717, 1.165) is 42.6 Å². The molecule has 1 aliphatic rings. The van der Waals surface area contributed by atoms with Crippen molar-refractivity contribution in [3.63, 3.8) is 0 Å². The van der Waals surface area contributed by atoms with E-state index in [2.05, 4.69) is 42.7 Å². The highest BCUT2D eigenvalue weighted by molar-refractivity contribution is 5.71. The third-order valence-corrected chi connectivity index (χ3v) is 4.35. The minimum absolute atomic E-state index is 0.763. The Kier molecular flexibility index (Phi) is 4.00. The standard InChI is InChI=1S/C18H25N3/c1-3-5-11-21-16(4-2)20-17(18(21)19)15-8-6-7-14(12-15)13-9-10-13/h6-8,12-13H,3-5,9-11,19H2,1-2H3. The van der Waals surface area contributed by atoms with E-state index in [1.165, 1.54) is 30.4 Å². The normalized spacial score (nSPS) is 14.6. The Labute approximate surface area is 127 Å². The van der Waals surface area contributed by atoms with Gasteiger partial charge in [-0.3, -0.25) is 0 Å². The zero-order valence-electron chi connectivity index (χ0n) is 13.1. The monoisotopic (exact) mass is 283 g/mol. The largest absolute Gasteiger partial charge is 0.383 e. The van der Waals surface area contributed by atoms with Crippen molar-refractivity contribution in [2.45, 2.75) is 58.4 Å². The second-order valence-corrected chi connectivity index (χ2v) is 6.02. The Bertz CT molecular complexity index is 623. The number of benzene rings is 1. The van der Waals surface area contributed by atoms with E-state index in [9.17, 15) is 0 Å². The Balaban J connectivity index is 1.97. The molecule has 1 fully saturated rings. The van der Waals surface area contributed by atoms with E-state index in [-0.39, 0.29) is 0 Å². The predicted molar refractivity (Wildman–Crippen MR) is 88.3 cm³/mol. The molecule has 2 aromatic rings. The maximum absolute atomic E-state index is 6.39. The van der Waals surface area contributed by atoms with Gasteiger partial charge in [-0.2, -0.15) is 0 Å². The minimum atomic E-state index is 0.763. The summed E-state index contributed by atoms with van der Waals surface area (Å²) in [6.45, 7) is 5.33. The number of anilines is 1. The third kappa shape index (κ3) is 2.82. The summed E-state index contributed by atoms with van der Waals surface area (Å²) < 4.78 is 2.20. The summed E-state index contributed by atoms with van der Waals surface area (Å²) in [5.41, 5.74) is 9.96. The number of nitrogens with two attached hydrogens (primary N) is 1. The van der Waals surface area contributed by atoms with Crippen molar-refractivity contribution in [1.82, 2.24) is 9.55 Å². The summed E-state index contributed by atoms with van der Waals surface area (Å²) in [6.07, 6.45) is 5.90. The fourth-order valence-electron chi connectivity index (χ4n) is 2.92. The fourth-order valence-corrected chi connectivity index (χ4v) is 2.92. The third-order valence-electron chi connectivity index (χ3n) is 4.35. The number of rotatable bonds is 6. The van der Waals surface area contributed by atoms with Crippen LogP contribution in [-0.2, 0) is 13.0 Å². The molecule has 0 aliphatic heterocycles. The molecule has 1 aromatic heterocycles. The number of hydrogen-bond acceptors (Lipinski definition) is 2. The Morgan fingerprint density at radius 3 is 2.76 bits per heavy atom. The second-order valence-electron chi connectivity index (χ2n) is 6.02. The van der Waals surface area contributed by atoms with Gasteiger partial charge < -0.3 is 10.3 Å². The van der Waals surface area contributed by atoms with E-state index < -0.39 is 0 Å². The van der Waals surface area contributed by atoms with Gasteiger partial charge in [0.1, 0.15) is 17.3 Å². The summed E-state index contributed by atoms with van der Waals surface area (Å²) in [4.78, 5) is 4.81. The maximum atomic E-state index is 6.39. The molecule has 112 valence electrons. The number of aryl methyl sites for hydroxylation is 1. The summed E-state index contributed by atoms with van der Waals surface area (Å²) >= 11 is 0. The van der Waals surface area contributed by atoms with Crippen molar-refractivity contribution in [2.24, 2.45) is 0 Å². The number of hydrogen-bond donors (Lipinski definition) is 1. The van der Waals surface area contributed by atoms with Gasteiger partial charge >= 0.3 is 0 Å². The Hall–Kier alpha value is -1.77. The first-order valence-electron chi connectivity index (χ1n) is 8.19. The molecule has 3 heteroatoms. The number of aromatic nitrogens is 2.